The number of morpholine rings is 1. The van der Waals surface area contributed by atoms with Gasteiger partial charge in [-0.05, 0) is 47.1 Å². The third kappa shape index (κ3) is 6.27. The van der Waals surface area contributed by atoms with Crippen molar-refractivity contribution >= 4 is 34.3 Å². The molecule has 128 valence electrons. The maximum atomic E-state index is 12.2. The van der Waals surface area contributed by atoms with Gasteiger partial charge in [-0.3, -0.25) is 4.90 Å². The summed E-state index contributed by atoms with van der Waals surface area (Å²) >= 11 is 2.22. The number of urea groups is 1. The van der Waals surface area contributed by atoms with E-state index in [0.717, 1.165) is 42.0 Å². The number of ether oxygens (including phenoxy) is 1. The molecule has 2 amide bonds. The molecule has 1 saturated heterocycles. The first-order valence-electron chi connectivity index (χ1n) is 8.17. The molecule has 0 aromatic heterocycles. The molecule has 5 nitrogen and oxygen atoms in total. The van der Waals surface area contributed by atoms with Gasteiger partial charge < -0.3 is 15.4 Å². The molecule has 2 N–H and O–H groups in total. The van der Waals surface area contributed by atoms with Crippen LogP contribution < -0.4 is 10.6 Å². The average molecular weight is 431 g/mol. The second-order valence-electron chi connectivity index (χ2n) is 6.25. The fourth-order valence-electron chi connectivity index (χ4n) is 2.79. The van der Waals surface area contributed by atoms with Crippen LogP contribution in [0.3, 0.4) is 0 Å². The third-order valence-electron chi connectivity index (χ3n) is 3.93. The van der Waals surface area contributed by atoms with E-state index in [-0.39, 0.29) is 6.03 Å². The Hall–Kier alpha value is -0.860. The molecule has 1 aliphatic heterocycles. The Morgan fingerprint density at radius 3 is 2.65 bits per heavy atom. The molecule has 23 heavy (non-hydrogen) atoms. The summed E-state index contributed by atoms with van der Waals surface area (Å²) in [5.74, 6) is 0.600. The maximum absolute atomic E-state index is 12.2. The van der Waals surface area contributed by atoms with Crippen molar-refractivity contribution in [2.75, 3.05) is 38.2 Å². The van der Waals surface area contributed by atoms with Crippen molar-refractivity contribution in [1.29, 1.82) is 0 Å². The molecule has 6 heteroatoms. The van der Waals surface area contributed by atoms with E-state index in [1.54, 1.807) is 0 Å². The molecule has 0 radical (unpaired) electrons. The van der Waals surface area contributed by atoms with Gasteiger partial charge in [-0.2, -0.15) is 0 Å². The van der Waals surface area contributed by atoms with E-state index in [1.807, 2.05) is 24.3 Å². The van der Waals surface area contributed by atoms with Crippen LogP contribution in [0.1, 0.15) is 20.3 Å². The number of amides is 2. The summed E-state index contributed by atoms with van der Waals surface area (Å²) in [5.41, 5.74) is 0.845. The number of benzene rings is 1. The van der Waals surface area contributed by atoms with Gasteiger partial charge in [-0.15, -0.1) is 0 Å². The highest BCUT2D eigenvalue weighted by Gasteiger charge is 2.22. The second-order valence-corrected chi connectivity index (χ2v) is 7.41. The van der Waals surface area contributed by atoms with E-state index in [4.69, 9.17) is 4.74 Å². The number of rotatable bonds is 6. The summed E-state index contributed by atoms with van der Waals surface area (Å²) in [6, 6.07) is 7.99. The molecule has 0 saturated carbocycles. The lowest BCUT2D eigenvalue weighted by atomic mass is 10.0. The lowest BCUT2D eigenvalue weighted by molar-refractivity contribution is 0.0130. The summed E-state index contributed by atoms with van der Waals surface area (Å²) in [6.07, 6.45) is 1.07. The quantitative estimate of drug-likeness (QED) is 0.681. The molecule has 1 aromatic rings. The van der Waals surface area contributed by atoms with Crippen molar-refractivity contribution in [2.24, 2.45) is 5.92 Å². The first-order valence-corrected chi connectivity index (χ1v) is 9.25. The zero-order chi connectivity index (χ0) is 16.7. The number of carbonyl (C=O) groups is 1. The fourth-order valence-corrected chi connectivity index (χ4v) is 3.31. The largest absolute Gasteiger partial charge is 0.379 e. The lowest BCUT2D eigenvalue weighted by Gasteiger charge is -2.35. The van der Waals surface area contributed by atoms with Gasteiger partial charge >= 0.3 is 6.03 Å². The SMILES string of the molecule is CC(C)CC(CNC(=O)Nc1ccccc1I)N1CCOCC1. The Balaban J connectivity index is 1.86. The fraction of sp³-hybridized carbons (Fsp3) is 0.588. The Labute approximate surface area is 152 Å². The topological polar surface area (TPSA) is 53.6 Å². The molecule has 0 aliphatic carbocycles. The number of anilines is 1. The van der Waals surface area contributed by atoms with Crippen LogP contribution in [0.5, 0.6) is 0 Å². The highest BCUT2D eigenvalue weighted by atomic mass is 127. The highest BCUT2D eigenvalue weighted by Crippen LogP contribution is 2.17. The zero-order valence-electron chi connectivity index (χ0n) is 13.8. The van der Waals surface area contributed by atoms with E-state index in [9.17, 15) is 4.79 Å². The molecular weight excluding hydrogens is 405 g/mol. The minimum absolute atomic E-state index is 0.142. The zero-order valence-corrected chi connectivity index (χ0v) is 16.0. The summed E-state index contributed by atoms with van der Waals surface area (Å²) in [4.78, 5) is 14.6. The van der Waals surface area contributed by atoms with Crippen LogP contribution in [-0.4, -0.2) is 49.8 Å². The van der Waals surface area contributed by atoms with Gasteiger partial charge in [0.15, 0.2) is 0 Å². The predicted molar refractivity (Wildman–Crippen MR) is 102 cm³/mol. The van der Waals surface area contributed by atoms with E-state index >= 15 is 0 Å². The van der Waals surface area contributed by atoms with E-state index < -0.39 is 0 Å². The number of para-hydroxylation sites is 1. The highest BCUT2D eigenvalue weighted by molar-refractivity contribution is 14.1. The summed E-state index contributed by atoms with van der Waals surface area (Å²) in [6.45, 7) is 8.55. The van der Waals surface area contributed by atoms with Gasteiger partial charge in [-0.1, -0.05) is 26.0 Å². The molecular formula is C17H26IN3O2. The Morgan fingerprint density at radius 2 is 2.00 bits per heavy atom. The number of hydrogen-bond acceptors (Lipinski definition) is 3. The van der Waals surface area contributed by atoms with Crippen LogP contribution >= 0.6 is 22.6 Å². The van der Waals surface area contributed by atoms with Crippen molar-refractivity contribution in [3.05, 3.63) is 27.8 Å². The number of nitrogens with zero attached hydrogens (tertiary/aromatic N) is 1. The van der Waals surface area contributed by atoms with Gasteiger partial charge in [0.05, 0.1) is 18.9 Å². The molecule has 1 heterocycles. The van der Waals surface area contributed by atoms with Gasteiger partial charge in [-0.25, -0.2) is 4.79 Å². The standard InChI is InChI=1S/C17H26IN3O2/c1-13(2)11-14(21-7-9-23-10-8-21)12-19-17(22)20-16-6-4-3-5-15(16)18/h3-6,13-14H,7-12H2,1-2H3,(H2,19,20,22). The summed E-state index contributed by atoms with van der Waals surface area (Å²) < 4.78 is 6.46. The van der Waals surface area contributed by atoms with E-state index in [2.05, 4.69) is 52.0 Å². The number of nitrogens with one attached hydrogen (secondary N) is 2. The van der Waals surface area contributed by atoms with Gasteiger partial charge in [0, 0.05) is 29.2 Å². The second kappa shape index (κ2) is 9.44. The minimum atomic E-state index is -0.142. The Kier molecular flexibility index (Phi) is 7.58. The lowest BCUT2D eigenvalue weighted by Crippen LogP contribution is -2.49. The van der Waals surface area contributed by atoms with Crippen LogP contribution in [0.25, 0.3) is 0 Å². The minimum Gasteiger partial charge on any atom is -0.379 e. The van der Waals surface area contributed by atoms with Crippen LogP contribution in [-0.2, 0) is 4.74 Å². The van der Waals surface area contributed by atoms with Gasteiger partial charge in [0.1, 0.15) is 0 Å². The van der Waals surface area contributed by atoms with Crippen LogP contribution in [0.2, 0.25) is 0 Å². The van der Waals surface area contributed by atoms with Crippen molar-refractivity contribution < 1.29 is 9.53 Å². The van der Waals surface area contributed by atoms with Crippen molar-refractivity contribution in [2.45, 2.75) is 26.3 Å². The predicted octanol–water partition coefficient (Wildman–Crippen LogP) is 3.16. The van der Waals surface area contributed by atoms with Crippen LogP contribution in [0.15, 0.2) is 24.3 Å². The average Bonchev–Trinajstić information content (AvgIpc) is 2.54. The maximum Gasteiger partial charge on any atom is 0.319 e. The normalized spacial score (nSPS) is 17.0. The number of carbonyl (C=O) groups excluding carboxylic acids is 1. The summed E-state index contributed by atoms with van der Waals surface area (Å²) in [5, 5.41) is 5.95. The summed E-state index contributed by atoms with van der Waals surface area (Å²) in [7, 11) is 0. The molecule has 1 unspecified atom stereocenters. The monoisotopic (exact) mass is 431 g/mol. The first kappa shape index (κ1) is 18.5. The Morgan fingerprint density at radius 1 is 1.30 bits per heavy atom. The molecule has 1 atom stereocenters. The molecule has 1 aromatic carbocycles. The van der Waals surface area contributed by atoms with Gasteiger partial charge in [0.2, 0.25) is 0 Å². The smallest absolute Gasteiger partial charge is 0.319 e. The number of halogens is 1. The van der Waals surface area contributed by atoms with Crippen molar-refractivity contribution in [3.8, 4) is 0 Å². The first-order chi connectivity index (χ1) is 11.1. The number of hydrogen-bond donors (Lipinski definition) is 2. The molecule has 1 fully saturated rings. The third-order valence-corrected chi connectivity index (χ3v) is 4.87. The Bertz CT molecular complexity index is 504. The van der Waals surface area contributed by atoms with Crippen LogP contribution in [0.4, 0.5) is 10.5 Å². The van der Waals surface area contributed by atoms with E-state index in [0.29, 0.717) is 18.5 Å². The molecule has 0 spiro atoms. The molecule has 1 aliphatic rings. The molecule has 0 bridgehead atoms. The van der Waals surface area contributed by atoms with Crippen molar-refractivity contribution in [3.63, 3.8) is 0 Å². The van der Waals surface area contributed by atoms with E-state index in [1.165, 1.54) is 0 Å². The van der Waals surface area contributed by atoms with Gasteiger partial charge in [0.25, 0.3) is 0 Å². The van der Waals surface area contributed by atoms with Crippen LogP contribution in [0, 0.1) is 9.49 Å². The van der Waals surface area contributed by atoms with Crippen molar-refractivity contribution in [1.82, 2.24) is 10.2 Å². The molecule has 2 rings (SSSR count).